The fraction of sp³-hybridized carbons (Fsp3) is 0.231. The Morgan fingerprint density at radius 1 is 1.40 bits per heavy atom. The second-order valence-electron chi connectivity index (χ2n) is 4.31. The van der Waals surface area contributed by atoms with Crippen LogP contribution in [0, 0.1) is 6.92 Å². The highest BCUT2D eigenvalue weighted by molar-refractivity contribution is 7.80. The first-order valence-corrected chi connectivity index (χ1v) is 7.11. The summed E-state index contributed by atoms with van der Waals surface area (Å²) in [6.07, 6.45) is 1.82. The molecule has 1 aromatic carbocycles. The van der Waals surface area contributed by atoms with Gasteiger partial charge in [-0.15, -0.1) is 0 Å². The van der Waals surface area contributed by atoms with Crippen LogP contribution in [0.25, 0.3) is 0 Å². The summed E-state index contributed by atoms with van der Waals surface area (Å²) in [5.74, 6) is 0. The maximum absolute atomic E-state index is 6.07. The van der Waals surface area contributed by atoms with Gasteiger partial charge in [0, 0.05) is 29.9 Å². The Labute approximate surface area is 133 Å². The zero-order valence-electron chi connectivity index (χ0n) is 11.1. The zero-order valence-corrected chi connectivity index (χ0v) is 13.4. The van der Waals surface area contributed by atoms with Gasteiger partial charge in [0.1, 0.15) is 0 Å². The molecule has 2 aromatic rings. The average Bonchev–Trinajstić information content (AvgIpc) is 2.71. The first-order valence-electron chi connectivity index (χ1n) is 5.94. The van der Waals surface area contributed by atoms with Crippen molar-refractivity contribution in [1.82, 2.24) is 15.1 Å². The van der Waals surface area contributed by atoms with E-state index in [1.54, 1.807) is 18.2 Å². The van der Waals surface area contributed by atoms with E-state index < -0.39 is 0 Å². The van der Waals surface area contributed by atoms with Gasteiger partial charge in [-0.1, -0.05) is 23.2 Å². The van der Waals surface area contributed by atoms with Gasteiger partial charge in [-0.2, -0.15) is 5.10 Å². The molecule has 0 amide bonds. The quantitative estimate of drug-likeness (QED) is 0.846. The van der Waals surface area contributed by atoms with E-state index in [1.165, 1.54) is 0 Å². The lowest BCUT2D eigenvalue weighted by Gasteiger charge is -2.11. The van der Waals surface area contributed by atoms with Crippen LogP contribution in [-0.4, -0.2) is 14.9 Å². The number of thiocarbonyl (C=S) groups is 1. The summed E-state index contributed by atoms with van der Waals surface area (Å²) in [6, 6.07) is 5.21. The largest absolute Gasteiger partial charge is 0.358 e. The molecule has 0 aliphatic rings. The van der Waals surface area contributed by atoms with Crippen LogP contribution in [0.1, 0.15) is 11.3 Å². The number of benzene rings is 1. The number of hydrogen-bond donors (Lipinski definition) is 2. The van der Waals surface area contributed by atoms with E-state index in [9.17, 15) is 0 Å². The number of hydrogen-bond acceptors (Lipinski definition) is 2. The molecule has 0 radical (unpaired) electrons. The number of nitrogens with one attached hydrogen (secondary N) is 2. The Kier molecular flexibility index (Phi) is 4.86. The van der Waals surface area contributed by atoms with Crippen molar-refractivity contribution in [2.45, 2.75) is 13.5 Å². The maximum atomic E-state index is 6.07. The van der Waals surface area contributed by atoms with E-state index >= 15 is 0 Å². The van der Waals surface area contributed by atoms with Crippen molar-refractivity contribution in [2.75, 3.05) is 5.32 Å². The molecule has 1 aromatic heterocycles. The summed E-state index contributed by atoms with van der Waals surface area (Å²) >= 11 is 17.2. The van der Waals surface area contributed by atoms with Crippen molar-refractivity contribution in [3.8, 4) is 0 Å². The average molecular weight is 329 g/mol. The summed E-state index contributed by atoms with van der Waals surface area (Å²) in [5.41, 5.74) is 2.92. The summed E-state index contributed by atoms with van der Waals surface area (Å²) in [4.78, 5) is 0. The van der Waals surface area contributed by atoms with Gasteiger partial charge in [0.2, 0.25) is 0 Å². The van der Waals surface area contributed by atoms with Crippen molar-refractivity contribution in [1.29, 1.82) is 0 Å². The Morgan fingerprint density at radius 3 is 2.75 bits per heavy atom. The van der Waals surface area contributed by atoms with Crippen LogP contribution in [0.4, 0.5) is 5.69 Å². The Morgan fingerprint density at radius 2 is 2.15 bits per heavy atom. The third-order valence-corrected chi connectivity index (χ3v) is 3.75. The molecule has 20 heavy (non-hydrogen) atoms. The lowest BCUT2D eigenvalue weighted by Crippen LogP contribution is -2.28. The van der Waals surface area contributed by atoms with E-state index in [1.807, 2.05) is 24.9 Å². The third-order valence-electron chi connectivity index (χ3n) is 2.96. The molecule has 0 saturated heterocycles. The summed E-state index contributed by atoms with van der Waals surface area (Å²) < 4.78 is 1.82. The zero-order chi connectivity index (χ0) is 14.7. The first kappa shape index (κ1) is 15.1. The second-order valence-corrected chi connectivity index (χ2v) is 5.56. The normalized spacial score (nSPS) is 10.4. The molecular weight excluding hydrogens is 315 g/mol. The van der Waals surface area contributed by atoms with Gasteiger partial charge in [0.05, 0.1) is 16.9 Å². The highest BCUT2D eigenvalue weighted by Gasteiger charge is 2.06. The molecule has 1 heterocycles. The van der Waals surface area contributed by atoms with Crippen LogP contribution in [0.3, 0.4) is 0 Å². The molecular formula is C13H14Cl2N4S. The highest BCUT2D eigenvalue weighted by Crippen LogP contribution is 2.25. The number of aryl methyl sites for hydroxylation is 1. The molecule has 0 bridgehead atoms. The molecule has 0 aliphatic carbocycles. The first-order chi connectivity index (χ1) is 9.47. The van der Waals surface area contributed by atoms with E-state index in [0.29, 0.717) is 21.7 Å². The molecule has 0 aliphatic heterocycles. The van der Waals surface area contributed by atoms with Gasteiger partial charge in [0.15, 0.2) is 5.11 Å². The monoisotopic (exact) mass is 328 g/mol. The predicted octanol–water partition coefficient (Wildman–Crippen LogP) is 3.52. The fourth-order valence-corrected chi connectivity index (χ4v) is 2.29. The summed E-state index contributed by atoms with van der Waals surface area (Å²) in [7, 11) is 1.91. The minimum Gasteiger partial charge on any atom is -0.358 e. The van der Waals surface area contributed by atoms with E-state index in [2.05, 4.69) is 15.7 Å². The number of rotatable bonds is 3. The second kappa shape index (κ2) is 6.43. The van der Waals surface area contributed by atoms with Crippen molar-refractivity contribution >= 4 is 46.2 Å². The van der Waals surface area contributed by atoms with Crippen LogP contribution in [-0.2, 0) is 13.6 Å². The van der Waals surface area contributed by atoms with Gasteiger partial charge >= 0.3 is 0 Å². The molecule has 0 atom stereocenters. The van der Waals surface area contributed by atoms with Gasteiger partial charge in [-0.3, -0.25) is 4.68 Å². The molecule has 0 unspecified atom stereocenters. The van der Waals surface area contributed by atoms with E-state index in [4.69, 9.17) is 35.4 Å². The number of halogens is 2. The summed E-state index contributed by atoms with van der Waals surface area (Å²) in [6.45, 7) is 2.62. The minimum atomic E-state index is 0.498. The molecule has 106 valence electrons. The Bertz CT molecular complexity index is 639. The molecule has 7 heteroatoms. The highest BCUT2D eigenvalue weighted by atomic mass is 35.5. The molecule has 0 saturated carbocycles. The molecule has 0 spiro atoms. The topological polar surface area (TPSA) is 41.9 Å². The molecule has 0 fully saturated rings. The van der Waals surface area contributed by atoms with E-state index in [-0.39, 0.29) is 0 Å². The van der Waals surface area contributed by atoms with Crippen molar-refractivity contribution < 1.29 is 0 Å². The molecule has 2 N–H and O–H groups in total. The number of anilines is 1. The van der Waals surface area contributed by atoms with Gasteiger partial charge in [0.25, 0.3) is 0 Å². The fourth-order valence-electron chi connectivity index (χ4n) is 1.65. The van der Waals surface area contributed by atoms with Gasteiger partial charge in [-0.05, 0) is 37.3 Å². The number of nitrogens with zero attached hydrogens (tertiary/aromatic N) is 2. The maximum Gasteiger partial charge on any atom is 0.171 e. The van der Waals surface area contributed by atoms with E-state index in [0.717, 1.165) is 16.9 Å². The Hall–Kier alpha value is -1.30. The smallest absolute Gasteiger partial charge is 0.171 e. The van der Waals surface area contributed by atoms with Crippen molar-refractivity contribution in [2.24, 2.45) is 7.05 Å². The van der Waals surface area contributed by atoms with Crippen LogP contribution >= 0.6 is 35.4 Å². The number of aromatic nitrogens is 2. The van der Waals surface area contributed by atoms with Crippen LogP contribution in [0.2, 0.25) is 10.0 Å². The van der Waals surface area contributed by atoms with Gasteiger partial charge < -0.3 is 10.6 Å². The standard InChI is InChI=1S/C13H14Cl2N4S/c1-8-9(7-17-19(8)2)6-16-13(20)18-12-4-3-10(14)5-11(12)15/h3-5,7H,6H2,1-2H3,(H2,16,18,20). The van der Waals surface area contributed by atoms with Gasteiger partial charge in [-0.25, -0.2) is 0 Å². The third kappa shape index (κ3) is 3.62. The van der Waals surface area contributed by atoms with Crippen molar-refractivity contribution in [3.05, 3.63) is 45.7 Å². The van der Waals surface area contributed by atoms with Crippen molar-refractivity contribution in [3.63, 3.8) is 0 Å². The minimum absolute atomic E-state index is 0.498. The van der Waals surface area contributed by atoms with Crippen LogP contribution in [0.15, 0.2) is 24.4 Å². The lowest BCUT2D eigenvalue weighted by atomic mass is 10.2. The Balaban J connectivity index is 1.94. The van der Waals surface area contributed by atoms with Crippen LogP contribution in [0.5, 0.6) is 0 Å². The van der Waals surface area contributed by atoms with Crippen LogP contribution < -0.4 is 10.6 Å². The SMILES string of the molecule is Cc1c(CNC(=S)Nc2ccc(Cl)cc2Cl)cnn1C. The molecule has 4 nitrogen and oxygen atoms in total. The predicted molar refractivity (Wildman–Crippen MR) is 87.5 cm³/mol. The summed E-state index contributed by atoms with van der Waals surface area (Å²) in [5, 5.41) is 11.9. The molecule has 2 rings (SSSR count). The lowest BCUT2D eigenvalue weighted by molar-refractivity contribution is 0.736.